The summed E-state index contributed by atoms with van der Waals surface area (Å²) in [7, 11) is 3.55. The molecule has 0 aromatic heterocycles. The second-order valence-corrected chi connectivity index (χ2v) is 7.65. The number of aliphatic hydroxyl groups excluding tert-OH is 1. The monoisotopic (exact) mass is 331 g/mol. The summed E-state index contributed by atoms with van der Waals surface area (Å²) in [4.78, 5) is 14.7. The summed E-state index contributed by atoms with van der Waals surface area (Å²) in [6.45, 7) is 0.760. The van der Waals surface area contributed by atoms with E-state index in [1.807, 2.05) is 13.1 Å². The second kappa shape index (κ2) is 4.24. The number of allylic oxidation sites excluding steroid dienone is 3. The van der Waals surface area contributed by atoms with Crippen LogP contribution in [0.2, 0.25) is 0 Å². The lowest BCUT2D eigenvalue weighted by Crippen LogP contribution is -2.76. The zero-order chi connectivity index (χ0) is 16.9. The Morgan fingerprint density at radius 1 is 1.46 bits per heavy atom. The normalized spacial score (nSPS) is 48.8. The molecule has 1 saturated carbocycles. The van der Waals surface area contributed by atoms with Gasteiger partial charge in [0.05, 0.1) is 12.5 Å². The molecule has 3 fully saturated rings. The fourth-order valence-corrected chi connectivity index (χ4v) is 5.99. The van der Waals surface area contributed by atoms with Crippen LogP contribution in [0.5, 0.6) is 0 Å². The number of likely N-dealkylation sites (N-methyl/N-ethyl adjacent to an activating group) is 1. The molecule has 6 atom stereocenters. The molecule has 0 radical (unpaired) electrons. The molecule has 5 rings (SSSR count). The van der Waals surface area contributed by atoms with Crippen LogP contribution < -0.4 is 0 Å². The van der Waals surface area contributed by atoms with E-state index in [2.05, 4.69) is 11.0 Å². The number of carbonyl (C=O) groups is 1. The topological polar surface area (TPSA) is 79.2 Å². The average Bonchev–Trinajstić information content (AvgIpc) is 2.91. The number of rotatable bonds is 1. The number of methoxy groups -OCH3 is 1. The minimum Gasteiger partial charge on any atom is -0.509 e. The van der Waals surface area contributed by atoms with E-state index in [-0.39, 0.29) is 29.4 Å². The van der Waals surface area contributed by atoms with Gasteiger partial charge in [0.25, 0.3) is 0 Å². The molecular formula is C18H21NO5. The Morgan fingerprint density at radius 3 is 3.00 bits per heavy atom. The van der Waals surface area contributed by atoms with Gasteiger partial charge in [-0.1, -0.05) is 6.08 Å². The van der Waals surface area contributed by atoms with E-state index in [0.29, 0.717) is 24.4 Å². The van der Waals surface area contributed by atoms with Gasteiger partial charge in [0.15, 0.2) is 17.6 Å². The van der Waals surface area contributed by atoms with Gasteiger partial charge >= 0.3 is 0 Å². The van der Waals surface area contributed by atoms with E-state index in [9.17, 15) is 15.0 Å². The lowest BCUT2D eigenvalue weighted by Gasteiger charge is -2.63. The molecule has 5 aliphatic rings. The van der Waals surface area contributed by atoms with Crippen molar-refractivity contribution in [3.63, 3.8) is 0 Å². The molecule has 3 unspecified atom stereocenters. The first-order valence-electron chi connectivity index (χ1n) is 8.45. The van der Waals surface area contributed by atoms with E-state index in [4.69, 9.17) is 9.47 Å². The Bertz CT molecular complexity index is 740. The Hall–Kier alpha value is -1.79. The number of ketones is 1. The fraction of sp³-hybridized carbons (Fsp3) is 0.611. The molecule has 2 aliphatic heterocycles. The number of hydrogen-bond acceptors (Lipinski definition) is 6. The second-order valence-electron chi connectivity index (χ2n) is 7.65. The summed E-state index contributed by atoms with van der Waals surface area (Å²) in [6.07, 6.45) is 5.71. The minimum absolute atomic E-state index is 0.141. The molecule has 0 amide bonds. The van der Waals surface area contributed by atoms with Crippen LogP contribution in [-0.2, 0) is 14.3 Å². The highest BCUT2D eigenvalue weighted by Gasteiger charge is 2.78. The maximum absolute atomic E-state index is 12.6. The van der Waals surface area contributed by atoms with Gasteiger partial charge in [-0.2, -0.15) is 0 Å². The van der Waals surface area contributed by atoms with Crippen molar-refractivity contribution in [3.8, 4) is 0 Å². The van der Waals surface area contributed by atoms with Gasteiger partial charge in [0, 0.05) is 18.0 Å². The van der Waals surface area contributed by atoms with Crippen molar-refractivity contribution in [2.75, 3.05) is 20.7 Å². The van der Waals surface area contributed by atoms with Crippen LogP contribution in [0.1, 0.15) is 12.8 Å². The summed E-state index contributed by atoms with van der Waals surface area (Å²) in [5.41, 5.74) is -2.29. The van der Waals surface area contributed by atoms with Gasteiger partial charge in [-0.3, -0.25) is 4.79 Å². The van der Waals surface area contributed by atoms with Crippen molar-refractivity contribution in [1.29, 1.82) is 0 Å². The molecule has 2 saturated heterocycles. The summed E-state index contributed by atoms with van der Waals surface area (Å²) in [5.74, 6) is 0.823. The Kier molecular flexibility index (Phi) is 2.57. The summed E-state index contributed by atoms with van der Waals surface area (Å²) >= 11 is 0. The molecule has 0 aromatic carbocycles. The first-order chi connectivity index (χ1) is 11.4. The van der Waals surface area contributed by atoms with E-state index in [0.717, 1.165) is 12.6 Å². The summed E-state index contributed by atoms with van der Waals surface area (Å²) in [6, 6.07) is -0.240. The SMILES string of the molecule is COC1=C2O[C@H]3C(=O)C=C(O)C4(O)[C@H]5CC(C=C1)C2[C@@]34CCN5C. The van der Waals surface area contributed by atoms with Crippen molar-refractivity contribution in [2.45, 2.75) is 30.6 Å². The third kappa shape index (κ3) is 1.28. The Balaban J connectivity index is 1.82. The smallest absolute Gasteiger partial charge is 0.200 e. The number of likely N-dealkylation sites (tertiary alicyclic amines) is 1. The van der Waals surface area contributed by atoms with Crippen molar-refractivity contribution < 1.29 is 24.5 Å². The summed E-state index contributed by atoms with van der Waals surface area (Å²) in [5, 5.41) is 22.4. The fourth-order valence-electron chi connectivity index (χ4n) is 5.99. The van der Waals surface area contributed by atoms with Gasteiger partial charge < -0.3 is 24.6 Å². The van der Waals surface area contributed by atoms with Crippen LogP contribution in [0.25, 0.3) is 0 Å². The minimum atomic E-state index is -1.47. The van der Waals surface area contributed by atoms with Crippen molar-refractivity contribution in [3.05, 3.63) is 35.5 Å². The highest BCUT2D eigenvalue weighted by atomic mass is 16.5. The van der Waals surface area contributed by atoms with Crippen LogP contribution in [0.15, 0.2) is 35.5 Å². The molecule has 2 bridgehead atoms. The Morgan fingerprint density at radius 2 is 2.25 bits per heavy atom. The zero-order valence-electron chi connectivity index (χ0n) is 13.7. The third-order valence-electron chi connectivity index (χ3n) is 6.96. The molecule has 0 aromatic rings. The number of ether oxygens (including phenoxy) is 2. The molecule has 6 heteroatoms. The van der Waals surface area contributed by atoms with E-state index >= 15 is 0 Å². The van der Waals surface area contributed by atoms with Crippen molar-refractivity contribution in [1.82, 2.24) is 4.90 Å². The Labute approximate surface area is 140 Å². The van der Waals surface area contributed by atoms with Gasteiger partial charge in [0.1, 0.15) is 17.1 Å². The highest BCUT2D eigenvalue weighted by Crippen LogP contribution is 2.69. The molecule has 2 N–H and O–H groups in total. The lowest BCUT2D eigenvalue weighted by molar-refractivity contribution is -0.224. The number of hydrogen-bond donors (Lipinski definition) is 2. The molecular weight excluding hydrogens is 310 g/mol. The van der Waals surface area contributed by atoms with Crippen LogP contribution in [-0.4, -0.2) is 59.3 Å². The number of piperidine rings is 1. The van der Waals surface area contributed by atoms with Crippen molar-refractivity contribution >= 4 is 5.78 Å². The van der Waals surface area contributed by atoms with Crippen LogP contribution in [0.3, 0.4) is 0 Å². The zero-order valence-corrected chi connectivity index (χ0v) is 13.7. The number of aliphatic hydroxyl groups is 2. The predicted octanol–water partition coefficient (Wildman–Crippen LogP) is 0.895. The highest BCUT2D eigenvalue weighted by molar-refractivity contribution is 5.97. The third-order valence-corrected chi connectivity index (χ3v) is 6.96. The lowest BCUT2D eigenvalue weighted by atomic mass is 9.45. The van der Waals surface area contributed by atoms with Gasteiger partial charge in [-0.15, -0.1) is 0 Å². The largest absolute Gasteiger partial charge is 0.509 e. The summed E-state index contributed by atoms with van der Waals surface area (Å²) < 4.78 is 11.6. The first-order valence-corrected chi connectivity index (χ1v) is 8.45. The van der Waals surface area contributed by atoms with E-state index in [1.54, 1.807) is 7.11 Å². The van der Waals surface area contributed by atoms with E-state index < -0.39 is 17.1 Å². The van der Waals surface area contributed by atoms with Crippen LogP contribution in [0, 0.1) is 17.3 Å². The first kappa shape index (κ1) is 14.5. The molecule has 2 heterocycles. The van der Waals surface area contributed by atoms with Gasteiger partial charge in [-0.25, -0.2) is 0 Å². The predicted molar refractivity (Wildman–Crippen MR) is 83.8 cm³/mol. The van der Waals surface area contributed by atoms with Crippen molar-refractivity contribution in [2.24, 2.45) is 17.3 Å². The number of nitrogens with zero attached hydrogens (tertiary/aromatic N) is 1. The van der Waals surface area contributed by atoms with Crippen LogP contribution in [0.4, 0.5) is 0 Å². The van der Waals surface area contributed by atoms with Gasteiger partial charge in [0.2, 0.25) is 0 Å². The average molecular weight is 331 g/mol. The molecule has 6 nitrogen and oxygen atoms in total. The maximum atomic E-state index is 12.6. The van der Waals surface area contributed by atoms with Gasteiger partial charge in [-0.05, 0) is 38.4 Å². The standard InChI is InChI=1S/C18H21NO5/c1-19-6-5-17-14-9-3-4-11(23-2)15(14)24-16(17)10(20)8-13(21)18(17,22)12(19)7-9/h3-4,8-9,12,14,16,21-22H,5-7H2,1-2H3/t9?,12-,14?,16+,17+,18?/m1/s1. The molecule has 128 valence electrons. The van der Waals surface area contributed by atoms with Crippen LogP contribution >= 0.6 is 0 Å². The quantitative estimate of drug-likeness (QED) is 0.743. The van der Waals surface area contributed by atoms with E-state index in [1.165, 1.54) is 0 Å². The molecule has 1 spiro atoms. The molecule has 3 aliphatic carbocycles. The number of carbonyl (C=O) groups excluding carboxylic acids is 1. The molecule has 24 heavy (non-hydrogen) atoms. The maximum Gasteiger partial charge on any atom is 0.200 e.